The number of para-hydroxylation sites is 1. The summed E-state index contributed by atoms with van der Waals surface area (Å²) in [5.41, 5.74) is 0.581. The summed E-state index contributed by atoms with van der Waals surface area (Å²) < 4.78 is 14.0. The van der Waals surface area contributed by atoms with Crippen molar-refractivity contribution in [1.29, 1.82) is 0 Å². The van der Waals surface area contributed by atoms with Crippen LogP contribution in [0.1, 0.15) is 36.2 Å². The number of nitrogens with zero attached hydrogens (tertiary/aromatic N) is 3. The van der Waals surface area contributed by atoms with Crippen LogP contribution in [0, 0.1) is 5.82 Å². The van der Waals surface area contributed by atoms with Crippen molar-refractivity contribution in [3.05, 3.63) is 41.8 Å². The van der Waals surface area contributed by atoms with Crippen LogP contribution in [0.25, 0.3) is 10.9 Å². The molecule has 2 aromatic rings. The normalized spacial score (nSPS) is 20.8. The summed E-state index contributed by atoms with van der Waals surface area (Å²) in [6.07, 6.45) is 4.66. The van der Waals surface area contributed by atoms with E-state index in [1.165, 1.54) is 18.9 Å². The molecule has 1 saturated heterocycles. The molecule has 2 fully saturated rings. The molecule has 0 unspecified atom stereocenters. The van der Waals surface area contributed by atoms with E-state index in [9.17, 15) is 9.18 Å². The first kappa shape index (κ1) is 18.3. The number of fused-ring (bicyclic) bond motifs is 1. The van der Waals surface area contributed by atoms with Gasteiger partial charge in [-0.25, -0.2) is 9.37 Å². The lowest BCUT2D eigenvalue weighted by atomic mass is 9.93. The minimum Gasteiger partial charge on any atom is -0.349 e. The number of rotatable bonds is 4. The third kappa shape index (κ3) is 3.69. The van der Waals surface area contributed by atoms with Gasteiger partial charge >= 0.3 is 0 Å². The number of carbonyl (C=O) groups is 1. The van der Waals surface area contributed by atoms with Gasteiger partial charge in [-0.15, -0.1) is 0 Å². The van der Waals surface area contributed by atoms with Gasteiger partial charge in [-0.1, -0.05) is 31.0 Å². The lowest BCUT2D eigenvalue weighted by Gasteiger charge is -2.45. The average Bonchev–Trinajstić information content (AvgIpc) is 3.17. The molecule has 1 aliphatic carbocycles. The molecule has 1 amide bonds. The quantitative estimate of drug-likeness (QED) is 0.899. The first-order valence-electron chi connectivity index (χ1n) is 9.84. The summed E-state index contributed by atoms with van der Waals surface area (Å²) in [6.45, 7) is 4.87. The zero-order valence-electron chi connectivity index (χ0n) is 15.9. The van der Waals surface area contributed by atoms with Crippen molar-refractivity contribution < 1.29 is 9.18 Å². The van der Waals surface area contributed by atoms with Gasteiger partial charge in [0.2, 0.25) is 0 Å². The van der Waals surface area contributed by atoms with Gasteiger partial charge in [0.15, 0.2) is 0 Å². The Labute approximate surface area is 159 Å². The molecule has 0 spiro atoms. The van der Waals surface area contributed by atoms with E-state index in [0.29, 0.717) is 11.9 Å². The summed E-state index contributed by atoms with van der Waals surface area (Å²) in [4.78, 5) is 21.9. The summed E-state index contributed by atoms with van der Waals surface area (Å²) in [6, 6.07) is 8.26. The van der Waals surface area contributed by atoms with E-state index in [1.54, 1.807) is 24.3 Å². The van der Waals surface area contributed by atoms with Crippen molar-refractivity contribution in [2.45, 2.75) is 31.2 Å². The van der Waals surface area contributed by atoms with Crippen molar-refractivity contribution in [3.8, 4) is 0 Å². The van der Waals surface area contributed by atoms with Crippen LogP contribution in [0.3, 0.4) is 0 Å². The number of amides is 1. The van der Waals surface area contributed by atoms with Crippen LogP contribution in [0.15, 0.2) is 30.3 Å². The van der Waals surface area contributed by atoms with Crippen LogP contribution in [0.4, 0.5) is 4.39 Å². The highest BCUT2D eigenvalue weighted by atomic mass is 19.1. The van der Waals surface area contributed by atoms with Crippen molar-refractivity contribution in [1.82, 2.24) is 20.1 Å². The zero-order valence-corrected chi connectivity index (χ0v) is 15.9. The van der Waals surface area contributed by atoms with Gasteiger partial charge in [-0.2, -0.15) is 0 Å². The van der Waals surface area contributed by atoms with Crippen molar-refractivity contribution in [2.75, 3.05) is 39.8 Å². The molecular weight excluding hydrogens is 343 g/mol. The van der Waals surface area contributed by atoms with E-state index in [4.69, 9.17) is 0 Å². The molecule has 5 nitrogen and oxygen atoms in total. The number of likely N-dealkylation sites (N-methyl/N-ethyl adjacent to an activating group) is 1. The van der Waals surface area contributed by atoms with Gasteiger partial charge in [0.05, 0.1) is 0 Å². The fraction of sp³-hybridized carbons (Fsp3) is 0.524. The molecule has 0 atom stereocenters. The van der Waals surface area contributed by atoms with E-state index < -0.39 is 5.82 Å². The number of piperazine rings is 1. The number of pyridine rings is 1. The Morgan fingerprint density at radius 1 is 1.15 bits per heavy atom. The summed E-state index contributed by atoms with van der Waals surface area (Å²) in [7, 11) is 2.16. The van der Waals surface area contributed by atoms with Crippen molar-refractivity contribution in [2.24, 2.45) is 0 Å². The second-order valence-corrected chi connectivity index (χ2v) is 7.91. The predicted octanol–water partition coefficient (Wildman–Crippen LogP) is 2.66. The molecule has 1 N–H and O–H groups in total. The molecule has 1 saturated carbocycles. The number of halogens is 1. The largest absolute Gasteiger partial charge is 0.349 e. The molecule has 1 aliphatic heterocycles. The Bertz CT molecular complexity index is 826. The molecule has 1 aromatic carbocycles. The first-order valence-corrected chi connectivity index (χ1v) is 9.84. The van der Waals surface area contributed by atoms with E-state index >= 15 is 0 Å². The second kappa shape index (κ2) is 7.52. The van der Waals surface area contributed by atoms with E-state index in [1.807, 2.05) is 0 Å². The number of nitrogens with one attached hydrogen (secondary N) is 1. The molecule has 1 aromatic heterocycles. The van der Waals surface area contributed by atoms with Gasteiger partial charge in [0, 0.05) is 43.6 Å². The zero-order chi connectivity index (χ0) is 18.9. The summed E-state index contributed by atoms with van der Waals surface area (Å²) in [5, 5.41) is 3.80. The smallest absolute Gasteiger partial charge is 0.269 e. The van der Waals surface area contributed by atoms with Crippen LogP contribution < -0.4 is 5.32 Å². The van der Waals surface area contributed by atoms with Crippen LogP contribution in [-0.4, -0.2) is 66.0 Å². The minimum absolute atomic E-state index is 0.0546. The predicted molar refractivity (Wildman–Crippen MR) is 104 cm³/mol. The third-order valence-corrected chi connectivity index (χ3v) is 6.19. The van der Waals surface area contributed by atoms with E-state index in [-0.39, 0.29) is 22.7 Å². The van der Waals surface area contributed by atoms with Crippen LogP contribution >= 0.6 is 0 Å². The Hall–Kier alpha value is -2.05. The Balaban J connectivity index is 1.48. The lowest BCUT2D eigenvalue weighted by molar-refractivity contribution is 0.0414. The molecule has 6 heteroatoms. The first-order chi connectivity index (χ1) is 13.1. The maximum Gasteiger partial charge on any atom is 0.269 e. The Morgan fingerprint density at radius 3 is 2.63 bits per heavy atom. The second-order valence-electron chi connectivity index (χ2n) is 7.91. The maximum absolute atomic E-state index is 14.0. The molecule has 27 heavy (non-hydrogen) atoms. The fourth-order valence-electron chi connectivity index (χ4n) is 4.49. The topological polar surface area (TPSA) is 48.5 Å². The van der Waals surface area contributed by atoms with Gasteiger partial charge in [0.25, 0.3) is 5.91 Å². The Kier molecular flexibility index (Phi) is 5.10. The average molecular weight is 370 g/mol. The monoisotopic (exact) mass is 370 g/mol. The van der Waals surface area contributed by atoms with Crippen molar-refractivity contribution >= 4 is 16.8 Å². The highest BCUT2D eigenvalue weighted by Crippen LogP contribution is 2.35. The minimum atomic E-state index is -0.396. The number of hydrogen-bond donors (Lipinski definition) is 1. The maximum atomic E-state index is 14.0. The van der Waals surface area contributed by atoms with Gasteiger partial charge < -0.3 is 10.2 Å². The van der Waals surface area contributed by atoms with Crippen LogP contribution in [-0.2, 0) is 0 Å². The summed E-state index contributed by atoms with van der Waals surface area (Å²) in [5.74, 6) is -0.618. The SMILES string of the molecule is CN1CCN(C2(CNC(=O)c3ccc4cccc(F)c4n3)CCCC2)CC1. The number of carbonyl (C=O) groups excluding carboxylic acids is 1. The van der Waals surface area contributed by atoms with Crippen LogP contribution in [0.5, 0.6) is 0 Å². The number of benzene rings is 1. The molecule has 144 valence electrons. The lowest BCUT2D eigenvalue weighted by Crippen LogP contribution is -2.59. The van der Waals surface area contributed by atoms with Crippen molar-refractivity contribution in [3.63, 3.8) is 0 Å². The molecule has 0 bridgehead atoms. The molecule has 2 heterocycles. The van der Waals surface area contributed by atoms with Gasteiger partial charge in [-0.3, -0.25) is 9.69 Å². The fourth-order valence-corrected chi connectivity index (χ4v) is 4.49. The van der Waals surface area contributed by atoms with Gasteiger partial charge in [0.1, 0.15) is 17.0 Å². The molecule has 2 aliphatic rings. The van der Waals surface area contributed by atoms with E-state index in [0.717, 1.165) is 39.0 Å². The summed E-state index contributed by atoms with van der Waals surface area (Å²) >= 11 is 0. The van der Waals surface area contributed by atoms with Gasteiger partial charge in [-0.05, 0) is 32.0 Å². The van der Waals surface area contributed by atoms with Crippen LogP contribution in [0.2, 0.25) is 0 Å². The number of hydrogen-bond acceptors (Lipinski definition) is 4. The molecule has 0 radical (unpaired) electrons. The molecular formula is C21H27FN4O. The van der Waals surface area contributed by atoms with E-state index in [2.05, 4.69) is 27.1 Å². The standard InChI is InChI=1S/C21H27FN4O/c1-25-11-13-26(14-12-25)21(9-2-3-10-21)15-23-20(27)18-8-7-16-5-4-6-17(22)19(16)24-18/h4-8H,2-3,9-15H2,1H3,(H,23,27). The number of aromatic nitrogens is 1. The highest BCUT2D eigenvalue weighted by Gasteiger charge is 2.40. The third-order valence-electron chi connectivity index (χ3n) is 6.19. The highest BCUT2D eigenvalue weighted by molar-refractivity contribution is 5.95. The Morgan fingerprint density at radius 2 is 1.89 bits per heavy atom. The molecule has 4 rings (SSSR count).